The lowest BCUT2D eigenvalue weighted by Crippen LogP contribution is -1.93. The summed E-state index contributed by atoms with van der Waals surface area (Å²) in [7, 11) is 0. The molecule has 0 saturated carbocycles. The molecule has 1 aromatic heterocycles. The van der Waals surface area contributed by atoms with E-state index >= 15 is 0 Å². The second-order valence-corrected chi connectivity index (χ2v) is 6.66. The van der Waals surface area contributed by atoms with Crippen LogP contribution >= 0.6 is 0 Å². The van der Waals surface area contributed by atoms with Crippen LogP contribution in [-0.2, 0) is 6.42 Å². The van der Waals surface area contributed by atoms with Gasteiger partial charge in [0.1, 0.15) is 0 Å². The molecule has 0 bridgehead atoms. The van der Waals surface area contributed by atoms with E-state index in [-0.39, 0.29) is 0 Å². The zero-order valence-electron chi connectivity index (χ0n) is 16.0. The lowest BCUT2D eigenvalue weighted by Gasteiger charge is -2.05. The molecule has 1 aromatic carbocycles. The van der Waals surface area contributed by atoms with Crippen LogP contribution in [0.15, 0.2) is 54.9 Å². The maximum Gasteiger partial charge on any atom is 0.0346 e. The number of pyridine rings is 1. The average molecular weight is 341 g/mol. The number of benzene rings is 1. The predicted molar refractivity (Wildman–Crippen MR) is 111 cm³/mol. The van der Waals surface area contributed by atoms with Crippen LogP contribution in [0.4, 0.5) is 5.69 Å². The monoisotopic (exact) mass is 340 g/mol. The first-order valence-corrected chi connectivity index (χ1v) is 10.0. The number of anilines is 1. The lowest BCUT2D eigenvalue weighted by atomic mass is 10.0. The molecule has 1 heterocycles. The molecule has 0 unspecified atom stereocenters. The zero-order chi connectivity index (χ0) is 18.0. The van der Waals surface area contributed by atoms with Gasteiger partial charge in [0.2, 0.25) is 0 Å². The molecule has 0 aliphatic carbocycles. The van der Waals surface area contributed by atoms with Crippen molar-refractivity contribution in [2.45, 2.75) is 77.6 Å². The fourth-order valence-corrected chi connectivity index (χ4v) is 2.88. The number of aryl methyl sites for hydroxylation is 1. The number of aromatic nitrogens is 1. The Kier molecular flexibility index (Phi) is 13.3. The van der Waals surface area contributed by atoms with Crippen LogP contribution in [0.1, 0.15) is 76.7 Å². The van der Waals surface area contributed by atoms with Gasteiger partial charge in [0.25, 0.3) is 0 Å². The molecule has 0 spiro atoms. The van der Waals surface area contributed by atoms with E-state index in [1.54, 1.807) is 12.4 Å². The second kappa shape index (κ2) is 15.7. The molecule has 2 rings (SSSR count). The molecule has 0 aliphatic heterocycles. The Morgan fingerprint density at radius 2 is 1.24 bits per heavy atom. The van der Waals surface area contributed by atoms with Crippen LogP contribution in [0.2, 0.25) is 0 Å². The molecular formula is C23H36N2. The minimum absolute atomic E-state index is 0.957. The van der Waals surface area contributed by atoms with Crippen molar-refractivity contribution in [2.24, 2.45) is 0 Å². The maximum absolute atomic E-state index is 5.94. The number of rotatable bonds is 11. The number of hydrogen-bond donors (Lipinski definition) is 1. The molecule has 0 amide bonds. The van der Waals surface area contributed by atoms with Gasteiger partial charge in [-0.25, -0.2) is 0 Å². The van der Waals surface area contributed by atoms with Gasteiger partial charge in [-0.3, -0.25) is 4.98 Å². The Morgan fingerprint density at radius 3 is 1.72 bits per heavy atom. The molecule has 0 saturated heterocycles. The Labute approximate surface area is 154 Å². The largest absolute Gasteiger partial charge is 0.399 e. The van der Waals surface area contributed by atoms with Crippen molar-refractivity contribution in [1.82, 2.24) is 4.98 Å². The zero-order valence-corrected chi connectivity index (χ0v) is 16.0. The van der Waals surface area contributed by atoms with Gasteiger partial charge in [0.15, 0.2) is 0 Å². The van der Waals surface area contributed by atoms with Crippen molar-refractivity contribution in [2.75, 3.05) is 5.73 Å². The molecule has 2 N–H and O–H groups in total. The third kappa shape index (κ3) is 12.2. The van der Waals surface area contributed by atoms with E-state index in [2.05, 4.69) is 24.0 Å². The Morgan fingerprint density at radius 1 is 0.680 bits per heavy atom. The SMILES string of the molecule is CCCCCCCCCCCCc1ccccc1N.c1ccncc1. The van der Waals surface area contributed by atoms with Crippen LogP contribution in [0.3, 0.4) is 0 Å². The standard InChI is InChI=1S/C18H31N.C5H5N/c1-2-3-4-5-6-7-8-9-10-11-14-17-15-12-13-16-18(17)19;1-2-4-6-5-3-1/h12-13,15-16H,2-11,14,19H2,1H3;1-5H. The van der Waals surface area contributed by atoms with Crippen LogP contribution in [0.5, 0.6) is 0 Å². The molecule has 0 fully saturated rings. The van der Waals surface area contributed by atoms with Crippen molar-refractivity contribution < 1.29 is 0 Å². The van der Waals surface area contributed by atoms with Gasteiger partial charge in [-0.1, -0.05) is 89.0 Å². The van der Waals surface area contributed by atoms with Gasteiger partial charge in [-0.05, 0) is 36.6 Å². The number of para-hydroxylation sites is 1. The number of nitrogens with zero attached hydrogens (tertiary/aromatic N) is 1. The minimum atomic E-state index is 0.957. The topological polar surface area (TPSA) is 38.9 Å². The first kappa shape index (κ1) is 21.2. The van der Waals surface area contributed by atoms with Crippen molar-refractivity contribution in [3.05, 3.63) is 60.4 Å². The molecule has 0 radical (unpaired) electrons. The van der Waals surface area contributed by atoms with Gasteiger partial charge >= 0.3 is 0 Å². The summed E-state index contributed by atoms with van der Waals surface area (Å²) >= 11 is 0. The molecule has 2 heteroatoms. The van der Waals surface area contributed by atoms with E-state index < -0.39 is 0 Å². The number of hydrogen-bond acceptors (Lipinski definition) is 2. The Balaban J connectivity index is 0.000000435. The van der Waals surface area contributed by atoms with Crippen LogP contribution in [0.25, 0.3) is 0 Å². The van der Waals surface area contributed by atoms with E-state index in [9.17, 15) is 0 Å². The van der Waals surface area contributed by atoms with Crippen LogP contribution < -0.4 is 5.73 Å². The van der Waals surface area contributed by atoms with Crippen molar-refractivity contribution in [3.63, 3.8) is 0 Å². The number of nitrogens with two attached hydrogens (primary N) is 1. The second-order valence-electron chi connectivity index (χ2n) is 6.66. The predicted octanol–water partition coefficient (Wildman–Crippen LogP) is 6.81. The summed E-state index contributed by atoms with van der Waals surface area (Å²) in [5.41, 5.74) is 8.22. The fraction of sp³-hybridized carbons (Fsp3) is 0.522. The molecule has 25 heavy (non-hydrogen) atoms. The Bertz CT molecular complexity index is 484. The highest BCUT2D eigenvalue weighted by atomic mass is 14.6. The summed E-state index contributed by atoms with van der Waals surface area (Å²) in [6.07, 6.45) is 18.6. The number of nitrogen functional groups attached to an aromatic ring is 1. The van der Waals surface area contributed by atoms with Gasteiger partial charge in [0.05, 0.1) is 0 Å². The van der Waals surface area contributed by atoms with Gasteiger partial charge < -0.3 is 5.73 Å². The van der Waals surface area contributed by atoms with E-state index in [1.807, 2.05) is 30.3 Å². The van der Waals surface area contributed by atoms with Crippen molar-refractivity contribution in [3.8, 4) is 0 Å². The normalized spacial score (nSPS) is 10.1. The highest BCUT2D eigenvalue weighted by molar-refractivity contribution is 5.46. The summed E-state index contributed by atoms with van der Waals surface area (Å²) in [6, 6.07) is 14.0. The summed E-state index contributed by atoms with van der Waals surface area (Å²) in [5, 5.41) is 0. The molecule has 0 aliphatic rings. The van der Waals surface area contributed by atoms with Crippen LogP contribution in [0, 0.1) is 0 Å². The van der Waals surface area contributed by atoms with Crippen molar-refractivity contribution in [1.29, 1.82) is 0 Å². The third-order valence-electron chi connectivity index (χ3n) is 4.42. The first-order chi connectivity index (χ1) is 12.3. The molecule has 0 atom stereocenters. The maximum atomic E-state index is 5.94. The third-order valence-corrected chi connectivity index (χ3v) is 4.42. The van der Waals surface area contributed by atoms with E-state index in [4.69, 9.17) is 5.73 Å². The molecular weight excluding hydrogens is 304 g/mol. The average Bonchev–Trinajstić information content (AvgIpc) is 2.66. The molecule has 2 nitrogen and oxygen atoms in total. The quantitative estimate of drug-likeness (QED) is 0.360. The minimum Gasteiger partial charge on any atom is -0.399 e. The van der Waals surface area contributed by atoms with Gasteiger partial charge in [0, 0.05) is 18.1 Å². The first-order valence-electron chi connectivity index (χ1n) is 10.0. The fourth-order valence-electron chi connectivity index (χ4n) is 2.88. The molecule has 2 aromatic rings. The summed E-state index contributed by atoms with van der Waals surface area (Å²) in [4.78, 5) is 3.78. The lowest BCUT2D eigenvalue weighted by molar-refractivity contribution is 0.556. The smallest absolute Gasteiger partial charge is 0.0346 e. The summed E-state index contributed by atoms with van der Waals surface area (Å²) in [6.45, 7) is 2.28. The number of unbranched alkanes of at least 4 members (excludes halogenated alkanes) is 9. The van der Waals surface area contributed by atoms with Crippen LogP contribution in [-0.4, -0.2) is 4.98 Å². The van der Waals surface area contributed by atoms with Gasteiger partial charge in [-0.15, -0.1) is 0 Å². The highest BCUT2D eigenvalue weighted by Crippen LogP contribution is 2.15. The van der Waals surface area contributed by atoms with E-state index in [1.165, 1.54) is 69.8 Å². The summed E-state index contributed by atoms with van der Waals surface area (Å²) < 4.78 is 0. The Hall–Kier alpha value is -1.83. The van der Waals surface area contributed by atoms with Crippen molar-refractivity contribution >= 4 is 5.69 Å². The highest BCUT2D eigenvalue weighted by Gasteiger charge is 1.97. The summed E-state index contributed by atoms with van der Waals surface area (Å²) in [5.74, 6) is 0. The van der Waals surface area contributed by atoms with E-state index in [0.29, 0.717) is 0 Å². The van der Waals surface area contributed by atoms with E-state index in [0.717, 1.165) is 12.1 Å². The molecule has 138 valence electrons. The van der Waals surface area contributed by atoms with Gasteiger partial charge in [-0.2, -0.15) is 0 Å².